The third kappa shape index (κ3) is 4.11. The molecule has 0 aromatic heterocycles. The van der Waals surface area contributed by atoms with E-state index in [2.05, 4.69) is 10.1 Å². The van der Waals surface area contributed by atoms with E-state index in [1.54, 1.807) is 0 Å². The van der Waals surface area contributed by atoms with Crippen LogP contribution in [0.3, 0.4) is 0 Å². The first-order valence-electron chi connectivity index (χ1n) is 6.37. The van der Waals surface area contributed by atoms with Gasteiger partial charge in [-0.1, -0.05) is 12.1 Å². The van der Waals surface area contributed by atoms with Crippen molar-refractivity contribution in [1.29, 1.82) is 0 Å². The number of ketones is 1. The Morgan fingerprint density at radius 3 is 2.09 bits per heavy atom. The average molecular weight is 308 g/mol. The van der Waals surface area contributed by atoms with Gasteiger partial charge in [0.2, 0.25) is 5.91 Å². The molecule has 0 saturated heterocycles. The van der Waals surface area contributed by atoms with Crippen LogP contribution in [0.5, 0.6) is 0 Å². The molecular weight excluding hydrogens is 292 g/mol. The summed E-state index contributed by atoms with van der Waals surface area (Å²) in [4.78, 5) is 45.0. The quantitative estimate of drug-likeness (QED) is 0.365. The molecule has 0 bridgehead atoms. The van der Waals surface area contributed by atoms with Crippen molar-refractivity contribution >= 4 is 23.3 Å². The number of rotatable bonds is 6. The summed E-state index contributed by atoms with van der Waals surface area (Å²) >= 11 is 0. The number of hydrogen-bond donors (Lipinski definition) is 1. The number of methoxy groups -OCH3 is 1. The third-order valence-corrected chi connectivity index (χ3v) is 3.05. The Labute approximate surface area is 126 Å². The lowest BCUT2D eigenvalue weighted by molar-refractivity contribution is -0.384. The minimum absolute atomic E-state index is 0.136. The zero-order valence-electron chi connectivity index (χ0n) is 12.4. The molecule has 1 aromatic rings. The number of carbonyl (C=O) groups is 3. The maximum Gasteiger partial charge on any atom is 0.318 e. The van der Waals surface area contributed by atoms with Gasteiger partial charge in [-0.3, -0.25) is 24.5 Å². The molecule has 2 unspecified atom stereocenters. The number of ether oxygens (including phenoxy) is 1. The lowest BCUT2D eigenvalue weighted by atomic mass is 9.89. The van der Waals surface area contributed by atoms with Gasteiger partial charge in [0.1, 0.15) is 11.7 Å². The monoisotopic (exact) mass is 308 g/mol. The van der Waals surface area contributed by atoms with E-state index >= 15 is 0 Å². The lowest BCUT2D eigenvalue weighted by Crippen LogP contribution is -2.39. The molecule has 0 aliphatic carbocycles. The van der Waals surface area contributed by atoms with E-state index in [9.17, 15) is 24.5 Å². The van der Waals surface area contributed by atoms with Crippen LogP contribution in [0.15, 0.2) is 24.3 Å². The van der Waals surface area contributed by atoms with Gasteiger partial charge in [0.05, 0.1) is 18.1 Å². The molecule has 0 aliphatic rings. The number of benzene rings is 1. The molecule has 1 amide bonds. The Bertz CT molecular complexity index is 596. The van der Waals surface area contributed by atoms with E-state index in [4.69, 9.17) is 0 Å². The highest BCUT2D eigenvalue weighted by Gasteiger charge is 2.35. The smallest absolute Gasteiger partial charge is 0.318 e. The first-order valence-corrected chi connectivity index (χ1v) is 6.37. The zero-order chi connectivity index (χ0) is 16.9. The first kappa shape index (κ1) is 17.3. The second-order valence-electron chi connectivity index (χ2n) is 4.64. The predicted molar refractivity (Wildman–Crippen MR) is 75.8 cm³/mol. The molecule has 0 radical (unpaired) electrons. The number of Topliss-reactive ketones (excluding diaryl/α,β-unsaturated/α-hetero) is 1. The SMILES string of the molecule is COC(=O)C(C(C)=O)C(NC(C)=O)c1ccc([N+](=O)[O-])cc1. The van der Waals surface area contributed by atoms with Crippen LogP contribution in [0, 0.1) is 16.0 Å². The van der Waals surface area contributed by atoms with Crippen LogP contribution in [0.4, 0.5) is 5.69 Å². The van der Waals surface area contributed by atoms with Crippen LogP contribution in [0.25, 0.3) is 0 Å². The predicted octanol–water partition coefficient (Wildman–Crippen LogP) is 1.15. The minimum Gasteiger partial charge on any atom is -0.468 e. The molecule has 0 saturated carbocycles. The Kier molecular flexibility index (Phi) is 5.73. The highest BCUT2D eigenvalue weighted by atomic mass is 16.6. The van der Waals surface area contributed by atoms with Gasteiger partial charge in [0, 0.05) is 19.1 Å². The number of nitro groups is 1. The summed E-state index contributed by atoms with van der Waals surface area (Å²) in [5.74, 6) is -2.94. The minimum atomic E-state index is -1.23. The Hall–Kier alpha value is -2.77. The number of carbonyl (C=O) groups excluding carboxylic acids is 3. The number of nitro benzene ring substituents is 1. The standard InChI is InChI=1S/C14H16N2O6/c1-8(17)12(14(19)22-3)13(15-9(2)18)10-4-6-11(7-5-10)16(20)21/h4-7,12-13H,1-3H3,(H,15,18). The maximum atomic E-state index is 11.8. The summed E-state index contributed by atoms with van der Waals surface area (Å²) in [6.45, 7) is 2.45. The van der Waals surface area contributed by atoms with Crippen molar-refractivity contribution in [2.45, 2.75) is 19.9 Å². The van der Waals surface area contributed by atoms with Gasteiger partial charge in [-0.2, -0.15) is 0 Å². The fourth-order valence-electron chi connectivity index (χ4n) is 2.05. The van der Waals surface area contributed by atoms with Gasteiger partial charge < -0.3 is 10.1 Å². The second-order valence-corrected chi connectivity index (χ2v) is 4.64. The van der Waals surface area contributed by atoms with Gasteiger partial charge in [0.15, 0.2) is 0 Å². The molecule has 1 rings (SSSR count). The normalized spacial score (nSPS) is 12.9. The first-order chi connectivity index (χ1) is 10.3. The van der Waals surface area contributed by atoms with Crippen molar-refractivity contribution in [1.82, 2.24) is 5.32 Å². The van der Waals surface area contributed by atoms with Crippen LogP contribution in [0.1, 0.15) is 25.5 Å². The molecular formula is C14H16N2O6. The molecule has 1 N–H and O–H groups in total. The summed E-state index contributed by atoms with van der Waals surface area (Å²) in [6, 6.07) is 4.29. The highest BCUT2D eigenvalue weighted by molar-refractivity contribution is 5.99. The lowest BCUT2D eigenvalue weighted by Gasteiger charge is -2.24. The number of amides is 1. The number of nitrogens with zero attached hydrogens (tertiary/aromatic N) is 1. The molecule has 0 aliphatic heterocycles. The van der Waals surface area contributed by atoms with Gasteiger partial charge >= 0.3 is 5.97 Å². The van der Waals surface area contributed by atoms with Crippen LogP contribution in [0.2, 0.25) is 0 Å². The van der Waals surface area contributed by atoms with E-state index in [0.717, 1.165) is 7.11 Å². The van der Waals surface area contributed by atoms with Crippen molar-refractivity contribution in [2.24, 2.45) is 5.92 Å². The number of hydrogen-bond acceptors (Lipinski definition) is 6. The fraction of sp³-hybridized carbons (Fsp3) is 0.357. The molecule has 8 heteroatoms. The molecule has 0 fully saturated rings. The van der Waals surface area contributed by atoms with Crippen LogP contribution >= 0.6 is 0 Å². The number of non-ortho nitro benzene ring substituents is 1. The van der Waals surface area contributed by atoms with Crippen molar-refractivity contribution in [3.63, 3.8) is 0 Å². The molecule has 0 heterocycles. The average Bonchev–Trinajstić information content (AvgIpc) is 2.45. The van der Waals surface area contributed by atoms with Crippen molar-refractivity contribution in [3.05, 3.63) is 39.9 Å². The Balaban J connectivity index is 3.26. The van der Waals surface area contributed by atoms with Crippen LogP contribution in [-0.4, -0.2) is 29.7 Å². The molecule has 0 spiro atoms. The topological polar surface area (TPSA) is 116 Å². The summed E-state index contributed by atoms with van der Waals surface area (Å²) < 4.78 is 4.60. The molecule has 8 nitrogen and oxygen atoms in total. The number of esters is 1. The van der Waals surface area contributed by atoms with Crippen LogP contribution in [-0.2, 0) is 19.1 Å². The molecule has 118 valence electrons. The van der Waals surface area contributed by atoms with Gasteiger partial charge in [-0.25, -0.2) is 0 Å². The van der Waals surface area contributed by atoms with E-state index in [0.29, 0.717) is 5.56 Å². The molecule has 22 heavy (non-hydrogen) atoms. The summed E-state index contributed by atoms with van der Waals surface area (Å²) in [5.41, 5.74) is 0.258. The van der Waals surface area contributed by atoms with E-state index in [1.807, 2.05) is 0 Å². The Morgan fingerprint density at radius 1 is 1.18 bits per heavy atom. The second kappa shape index (κ2) is 7.30. The third-order valence-electron chi connectivity index (χ3n) is 3.05. The van der Waals surface area contributed by atoms with Gasteiger partial charge in [-0.15, -0.1) is 0 Å². The van der Waals surface area contributed by atoms with E-state index < -0.39 is 34.5 Å². The van der Waals surface area contributed by atoms with Gasteiger partial charge in [-0.05, 0) is 12.5 Å². The van der Waals surface area contributed by atoms with Crippen molar-refractivity contribution < 1.29 is 24.0 Å². The fourth-order valence-corrected chi connectivity index (χ4v) is 2.05. The summed E-state index contributed by atoms with van der Waals surface area (Å²) in [6.07, 6.45) is 0. The van der Waals surface area contributed by atoms with Gasteiger partial charge in [0.25, 0.3) is 5.69 Å². The zero-order valence-corrected chi connectivity index (χ0v) is 12.4. The van der Waals surface area contributed by atoms with E-state index in [1.165, 1.54) is 38.1 Å². The van der Waals surface area contributed by atoms with Crippen molar-refractivity contribution in [2.75, 3.05) is 7.11 Å². The molecule has 2 atom stereocenters. The number of nitrogens with one attached hydrogen (secondary N) is 1. The van der Waals surface area contributed by atoms with Crippen molar-refractivity contribution in [3.8, 4) is 0 Å². The van der Waals surface area contributed by atoms with Crippen LogP contribution < -0.4 is 5.32 Å². The van der Waals surface area contributed by atoms with E-state index in [-0.39, 0.29) is 5.69 Å². The molecule has 1 aromatic carbocycles. The Morgan fingerprint density at radius 2 is 1.73 bits per heavy atom. The maximum absolute atomic E-state index is 11.8. The summed E-state index contributed by atoms with van der Waals surface area (Å²) in [5, 5.41) is 13.2. The largest absolute Gasteiger partial charge is 0.468 e. The highest BCUT2D eigenvalue weighted by Crippen LogP contribution is 2.26. The summed E-state index contributed by atoms with van der Waals surface area (Å²) in [7, 11) is 1.14.